The van der Waals surface area contributed by atoms with Crippen LogP contribution in [0.2, 0.25) is 0 Å². The van der Waals surface area contributed by atoms with E-state index in [1.165, 1.54) is 0 Å². The summed E-state index contributed by atoms with van der Waals surface area (Å²) in [5, 5.41) is 0. The van der Waals surface area contributed by atoms with Crippen molar-refractivity contribution in [3.63, 3.8) is 0 Å². The van der Waals surface area contributed by atoms with E-state index in [0.29, 0.717) is 18.2 Å². The van der Waals surface area contributed by atoms with Gasteiger partial charge < -0.3 is 5.73 Å². The lowest BCUT2D eigenvalue weighted by Crippen LogP contribution is -2.43. The second-order valence-corrected chi connectivity index (χ2v) is 4.97. The van der Waals surface area contributed by atoms with E-state index < -0.39 is 0 Å². The maximum Gasteiger partial charge on any atom is 0.154 e. The number of likely N-dealkylation sites (tertiary alicyclic amines) is 1. The third kappa shape index (κ3) is 2.50. The fraction of sp³-hybridized carbons (Fsp3) is 0.500. The van der Waals surface area contributed by atoms with E-state index in [1.807, 2.05) is 24.3 Å². The Balaban J connectivity index is 2.34. The zero-order valence-electron chi connectivity index (χ0n) is 10.5. The Kier molecular flexibility index (Phi) is 3.48. The van der Waals surface area contributed by atoms with Crippen LogP contribution in [0.25, 0.3) is 0 Å². The molecule has 0 spiro atoms. The number of hydrogen-bond acceptors (Lipinski definition) is 3. The molecular formula is C14H20N2O. The van der Waals surface area contributed by atoms with Gasteiger partial charge in [0.15, 0.2) is 5.78 Å². The maximum atomic E-state index is 12.1. The fourth-order valence-corrected chi connectivity index (χ4v) is 2.55. The summed E-state index contributed by atoms with van der Waals surface area (Å²) in [5.41, 5.74) is 7.56. The summed E-state index contributed by atoms with van der Waals surface area (Å²) in [7, 11) is 0. The Morgan fingerprint density at radius 1 is 1.41 bits per heavy atom. The quantitative estimate of drug-likeness (QED) is 0.796. The molecule has 0 aliphatic carbocycles. The van der Waals surface area contributed by atoms with Crippen molar-refractivity contribution in [3.05, 3.63) is 29.8 Å². The first-order chi connectivity index (χ1) is 8.09. The minimum absolute atomic E-state index is 0.104. The molecule has 0 amide bonds. The maximum absolute atomic E-state index is 12.1. The summed E-state index contributed by atoms with van der Waals surface area (Å²) >= 11 is 0. The number of piperidine rings is 1. The van der Waals surface area contributed by atoms with Gasteiger partial charge in [-0.15, -0.1) is 0 Å². The van der Waals surface area contributed by atoms with Crippen molar-refractivity contribution >= 4 is 11.5 Å². The molecular weight excluding hydrogens is 212 g/mol. The van der Waals surface area contributed by atoms with Gasteiger partial charge >= 0.3 is 0 Å². The molecule has 2 N–H and O–H groups in total. The molecule has 3 nitrogen and oxygen atoms in total. The molecule has 1 saturated heterocycles. The SMILES string of the molecule is CC(C)N1CCCC(=O)C1c1cccc(N)c1. The number of nitrogens with zero attached hydrogens (tertiary/aromatic N) is 1. The third-order valence-electron chi connectivity index (χ3n) is 3.37. The molecule has 1 aliphatic heterocycles. The van der Waals surface area contributed by atoms with Crippen LogP contribution in [0.3, 0.4) is 0 Å². The normalized spacial score (nSPS) is 22.1. The van der Waals surface area contributed by atoms with E-state index in [1.54, 1.807) is 0 Å². The first-order valence-electron chi connectivity index (χ1n) is 6.23. The van der Waals surface area contributed by atoms with Crippen LogP contribution in [0.5, 0.6) is 0 Å². The number of anilines is 1. The highest BCUT2D eigenvalue weighted by atomic mass is 16.1. The molecule has 1 aromatic rings. The summed E-state index contributed by atoms with van der Waals surface area (Å²) in [6.45, 7) is 5.26. The van der Waals surface area contributed by atoms with E-state index in [-0.39, 0.29) is 6.04 Å². The number of nitrogens with two attached hydrogens (primary N) is 1. The lowest BCUT2D eigenvalue weighted by molar-refractivity contribution is -0.128. The monoisotopic (exact) mass is 232 g/mol. The molecule has 2 rings (SSSR count). The summed E-state index contributed by atoms with van der Waals surface area (Å²) < 4.78 is 0. The number of carbonyl (C=O) groups is 1. The van der Waals surface area contributed by atoms with Gasteiger partial charge in [-0.1, -0.05) is 12.1 Å². The van der Waals surface area contributed by atoms with Crippen molar-refractivity contribution < 1.29 is 4.79 Å². The highest BCUT2D eigenvalue weighted by Gasteiger charge is 2.32. The van der Waals surface area contributed by atoms with Gasteiger partial charge in [0.2, 0.25) is 0 Å². The zero-order valence-corrected chi connectivity index (χ0v) is 10.5. The van der Waals surface area contributed by atoms with Gasteiger partial charge in [-0.05, 0) is 44.5 Å². The molecule has 0 bridgehead atoms. The van der Waals surface area contributed by atoms with Crippen molar-refractivity contribution in [2.45, 2.75) is 38.8 Å². The van der Waals surface area contributed by atoms with Crippen molar-refractivity contribution in [2.75, 3.05) is 12.3 Å². The number of hydrogen-bond donors (Lipinski definition) is 1. The standard InChI is InChI=1S/C14H20N2O/c1-10(2)16-8-4-7-13(17)14(16)11-5-3-6-12(15)9-11/h3,5-6,9-10,14H,4,7-8,15H2,1-2H3. The van der Waals surface area contributed by atoms with Crippen LogP contribution in [0, 0.1) is 0 Å². The van der Waals surface area contributed by atoms with Crippen LogP contribution in [0.1, 0.15) is 38.3 Å². The number of rotatable bonds is 2. The summed E-state index contributed by atoms with van der Waals surface area (Å²) in [6, 6.07) is 7.97. The Morgan fingerprint density at radius 3 is 2.82 bits per heavy atom. The van der Waals surface area contributed by atoms with Gasteiger partial charge in [-0.2, -0.15) is 0 Å². The molecule has 1 aliphatic rings. The lowest BCUT2D eigenvalue weighted by Gasteiger charge is -2.37. The predicted octanol–water partition coefficient (Wildman–Crippen LogP) is 2.38. The lowest BCUT2D eigenvalue weighted by atomic mass is 9.92. The van der Waals surface area contributed by atoms with Crippen LogP contribution in [0.4, 0.5) is 5.69 Å². The number of ketones is 1. The van der Waals surface area contributed by atoms with Gasteiger partial charge in [-0.25, -0.2) is 0 Å². The van der Waals surface area contributed by atoms with Crippen LogP contribution in [-0.2, 0) is 4.79 Å². The van der Waals surface area contributed by atoms with Crippen LogP contribution in [-0.4, -0.2) is 23.3 Å². The molecule has 92 valence electrons. The van der Waals surface area contributed by atoms with Crippen molar-refractivity contribution in [1.82, 2.24) is 4.90 Å². The van der Waals surface area contributed by atoms with Gasteiger partial charge in [0, 0.05) is 18.2 Å². The van der Waals surface area contributed by atoms with E-state index in [2.05, 4.69) is 18.7 Å². The first kappa shape index (κ1) is 12.1. The highest BCUT2D eigenvalue weighted by Crippen LogP contribution is 2.30. The van der Waals surface area contributed by atoms with Gasteiger partial charge in [0.05, 0.1) is 6.04 Å². The Bertz CT molecular complexity index is 414. The number of Topliss-reactive ketones (excluding diaryl/α,β-unsaturated/α-hetero) is 1. The summed E-state index contributed by atoms with van der Waals surface area (Å²) in [6.07, 6.45) is 1.65. The predicted molar refractivity (Wildman–Crippen MR) is 69.7 cm³/mol. The van der Waals surface area contributed by atoms with Crippen molar-refractivity contribution in [3.8, 4) is 0 Å². The van der Waals surface area contributed by atoms with Crippen LogP contribution in [0.15, 0.2) is 24.3 Å². The fourth-order valence-electron chi connectivity index (χ4n) is 2.55. The zero-order chi connectivity index (χ0) is 12.4. The van der Waals surface area contributed by atoms with Gasteiger partial charge in [0.1, 0.15) is 0 Å². The second kappa shape index (κ2) is 4.88. The molecule has 1 heterocycles. The van der Waals surface area contributed by atoms with Crippen LogP contribution >= 0.6 is 0 Å². The molecule has 0 aromatic heterocycles. The molecule has 17 heavy (non-hydrogen) atoms. The second-order valence-electron chi connectivity index (χ2n) is 4.97. The average Bonchev–Trinajstić information content (AvgIpc) is 2.28. The highest BCUT2D eigenvalue weighted by molar-refractivity contribution is 5.86. The molecule has 1 fully saturated rings. The van der Waals surface area contributed by atoms with Crippen molar-refractivity contribution in [2.24, 2.45) is 0 Å². The van der Waals surface area contributed by atoms with Crippen molar-refractivity contribution in [1.29, 1.82) is 0 Å². The van der Waals surface area contributed by atoms with E-state index in [0.717, 1.165) is 24.2 Å². The molecule has 0 radical (unpaired) electrons. The van der Waals surface area contributed by atoms with E-state index in [9.17, 15) is 4.79 Å². The smallest absolute Gasteiger partial charge is 0.154 e. The van der Waals surface area contributed by atoms with E-state index in [4.69, 9.17) is 5.73 Å². The third-order valence-corrected chi connectivity index (χ3v) is 3.37. The van der Waals surface area contributed by atoms with E-state index >= 15 is 0 Å². The molecule has 1 atom stereocenters. The summed E-state index contributed by atoms with van der Waals surface area (Å²) in [4.78, 5) is 14.4. The Hall–Kier alpha value is -1.35. The Morgan fingerprint density at radius 2 is 2.18 bits per heavy atom. The van der Waals surface area contributed by atoms with Gasteiger partial charge in [-0.3, -0.25) is 9.69 Å². The Labute approximate surface area is 103 Å². The first-order valence-corrected chi connectivity index (χ1v) is 6.23. The summed E-state index contributed by atoms with van der Waals surface area (Å²) in [5.74, 6) is 0.315. The molecule has 1 aromatic carbocycles. The topological polar surface area (TPSA) is 46.3 Å². The number of carbonyl (C=O) groups excluding carboxylic acids is 1. The minimum Gasteiger partial charge on any atom is -0.399 e. The largest absolute Gasteiger partial charge is 0.399 e. The molecule has 3 heteroatoms. The van der Waals surface area contributed by atoms with Gasteiger partial charge in [0.25, 0.3) is 0 Å². The molecule has 1 unspecified atom stereocenters. The van der Waals surface area contributed by atoms with Crippen LogP contribution < -0.4 is 5.73 Å². The molecule has 0 saturated carbocycles. The average molecular weight is 232 g/mol. The number of nitrogen functional groups attached to an aromatic ring is 1. The number of benzene rings is 1. The minimum atomic E-state index is -0.104.